The molecule has 0 spiro atoms. The number of methoxy groups -OCH3 is 2. The lowest BCUT2D eigenvalue weighted by Gasteiger charge is -2.13. The molecule has 9 heteroatoms. The number of benzene rings is 2. The predicted molar refractivity (Wildman–Crippen MR) is 89.2 cm³/mol. The second-order valence-corrected chi connectivity index (χ2v) is 6.85. The molecule has 0 aromatic heterocycles. The van der Waals surface area contributed by atoms with Crippen LogP contribution in [0.15, 0.2) is 41.3 Å². The van der Waals surface area contributed by atoms with Crippen molar-refractivity contribution < 1.29 is 27.6 Å². The molecule has 2 N–H and O–H groups in total. The van der Waals surface area contributed by atoms with E-state index in [-0.39, 0.29) is 10.6 Å². The summed E-state index contributed by atoms with van der Waals surface area (Å²) in [6, 6.07) is 9.33. The lowest BCUT2D eigenvalue weighted by atomic mass is 9.79. The van der Waals surface area contributed by atoms with Crippen LogP contribution < -0.4 is 19.7 Å². The topological polar surface area (TPSA) is 94.1 Å². The van der Waals surface area contributed by atoms with E-state index >= 15 is 0 Å². The van der Waals surface area contributed by atoms with Gasteiger partial charge in [-0.15, -0.1) is 0 Å². The zero-order valence-electron chi connectivity index (χ0n) is 13.1. The third-order valence-electron chi connectivity index (χ3n) is 3.72. The number of ether oxygens (including phenoxy) is 2. The van der Waals surface area contributed by atoms with Gasteiger partial charge in [-0.05, 0) is 35.3 Å². The van der Waals surface area contributed by atoms with Gasteiger partial charge in [-0.2, -0.15) is 0 Å². The molecule has 0 bridgehead atoms. The number of sulfonamides is 1. The highest BCUT2D eigenvalue weighted by atomic mass is 32.2. The van der Waals surface area contributed by atoms with E-state index in [1.807, 2.05) is 0 Å². The fraction of sp³-hybridized carbons (Fsp3) is 0.200. The van der Waals surface area contributed by atoms with Gasteiger partial charge in [0.05, 0.1) is 20.8 Å². The zero-order valence-corrected chi connectivity index (χ0v) is 14.0. The number of fused-ring (bicyclic) bond motifs is 1. The first kappa shape index (κ1) is 16.6. The minimum atomic E-state index is -3.87. The van der Waals surface area contributed by atoms with Gasteiger partial charge in [0.2, 0.25) is 0 Å². The maximum atomic E-state index is 12.6. The van der Waals surface area contributed by atoms with Crippen LogP contribution in [0.4, 0.5) is 5.69 Å². The molecule has 0 amide bonds. The molecule has 0 saturated carbocycles. The number of rotatable bonds is 5. The van der Waals surface area contributed by atoms with E-state index in [9.17, 15) is 13.4 Å². The van der Waals surface area contributed by atoms with Crippen molar-refractivity contribution in [2.45, 2.75) is 11.5 Å². The Morgan fingerprint density at radius 1 is 1.17 bits per heavy atom. The Morgan fingerprint density at radius 2 is 1.96 bits per heavy atom. The normalized spacial score (nSPS) is 13.5. The number of hydrogen-bond donors (Lipinski definition) is 2. The van der Waals surface area contributed by atoms with Crippen molar-refractivity contribution in [3.63, 3.8) is 0 Å². The van der Waals surface area contributed by atoms with Crippen molar-refractivity contribution in [3.05, 3.63) is 42.0 Å². The third-order valence-corrected chi connectivity index (χ3v) is 5.14. The van der Waals surface area contributed by atoms with Crippen molar-refractivity contribution in [2.75, 3.05) is 18.9 Å². The molecular weight excluding hydrogens is 333 g/mol. The molecule has 0 radical (unpaired) electrons. The lowest BCUT2D eigenvalue weighted by molar-refractivity contribution is 0.275. The first-order valence-electron chi connectivity index (χ1n) is 7.12. The number of hydrogen-bond acceptors (Lipinski definition) is 6. The van der Waals surface area contributed by atoms with Crippen LogP contribution in [-0.2, 0) is 21.3 Å². The first-order valence-corrected chi connectivity index (χ1v) is 8.60. The van der Waals surface area contributed by atoms with Gasteiger partial charge < -0.3 is 19.2 Å². The fourth-order valence-electron chi connectivity index (χ4n) is 2.49. The van der Waals surface area contributed by atoms with Crippen LogP contribution in [0.5, 0.6) is 11.5 Å². The molecule has 0 atom stereocenters. The fourth-order valence-corrected chi connectivity index (χ4v) is 3.69. The Bertz CT molecular complexity index is 870. The minimum Gasteiger partial charge on any atom is -0.497 e. The van der Waals surface area contributed by atoms with Gasteiger partial charge in [-0.1, -0.05) is 6.07 Å². The average molecular weight is 349 g/mol. The van der Waals surface area contributed by atoms with Gasteiger partial charge >= 0.3 is 7.12 Å². The lowest BCUT2D eigenvalue weighted by Crippen LogP contribution is -2.28. The van der Waals surface area contributed by atoms with Crippen LogP contribution >= 0.6 is 0 Å². The molecule has 1 heterocycles. The van der Waals surface area contributed by atoms with Gasteiger partial charge in [-0.25, -0.2) is 8.42 Å². The highest BCUT2D eigenvalue weighted by Crippen LogP contribution is 2.29. The quantitative estimate of drug-likeness (QED) is 0.773. The van der Waals surface area contributed by atoms with E-state index in [1.165, 1.54) is 32.4 Å². The van der Waals surface area contributed by atoms with E-state index < -0.39 is 17.1 Å². The Hall–Kier alpha value is -2.23. The van der Waals surface area contributed by atoms with Gasteiger partial charge in [0.15, 0.2) is 0 Å². The molecule has 2 aromatic rings. The predicted octanol–water partition coefficient (Wildman–Crippen LogP) is 0.722. The van der Waals surface area contributed by atoms with E-state index in [0.29, 0.717) is 23.5 Å². The molecule has 7 nitrogen and oxygen atoms in total. The smallest absolute Gasteiger partial charge is 0.491 e. The largest absolute Gasteiger partial charge is 0.497 e. The monoisotopic (exact) mass is 349 g/mol. The summed E-state index contributed by atoms with van der Waals surface area (Å²) >= 11 is 0. The van der Waals surface area contributed by atoms with Crippen LogP contribution in [0.2, 0.25) is 0 Å². The van der Waals surface area contributed by atoms with Gasteiger partial charge in [0.1, 0.15) is 16.4 Å². The third kappa shape index (κ3) is 3.05. The van der Waals surface area contributed by atoms with Gasteiger partial charge in [-0.3, -0.25) is 4.72 Å². The van der Waals surface area contributed by atoms with Crippen LogP contribution in [0.3, 0.4) is 0 Å². The van der Waals surface area contributed by atoms with E-state index in [0.717, 1.165) is 5.56 Å². The molecule has 0 saturated heterocycles. The molecule has 1 aliphatic heterocycles. The van der Waals surface area contributed by atoms with E-state index in [2.05, 4.69) is 4.72 Å². The van der Waals surface area contributed by atoms with Crippen LogP contribution in [0, 0.1) is 0 Å². The van der Waals surface area contributed by atoms with Crippen molar-refractivity contribution in [1.29, 1.82) is 0 Å². The van der Waals surface area contributed by atoms with E-state index in [1.54, 1.807) is 18.2 Å². The summed E-state index contributed by atoms with van der Waals surface area (Å²) in [5.41, 5.74) is 1.71. The number of nitrogens with one attached hydrogen (secondary N) is 1. The molecule has 1 aliphatic rings. The van der Waals surface area contributed by atoms with Crippen LogP contribution in [0.1, 0.15) is 5.56 Å². The molecule has 3 rings (SSSR count). The molecule has 2 aromatic carbocycles. The van der Waals surface area contributed by atoms with E-state index in [4.69, 9.17) is 14.1 Å². The molecule has 0 aliphatic carbocycles. The summed E-state index contributed by atoms with van der Waals surface area (Å²) in [5.74, 6) is 0.662. The van der Waals surface area contributed by atoms with Crippen molar-refractivity contribution in [3.8, 4) is 11.5 Å². The average Bonchev–Trinajstić information content (AvgIpc) is 2.94. The summed E-state index contributed by atoms with van der Waals surface area (Å²) in [4.78, 5) is -0.0110. The highest BCUT2D eigenvalue weighted by molar-refractivity contribution is 7.92. The Balaban J connectivity index is 1.94. The summed E-state index contributed by atoms with van der Waals surface area (Å²) in [6.45, 7) is 0.301. The van der Waals surface area contributed by atoms with Crippen LogP contribution in [0.25, 0.3) is 0 Å². The van der Waals surface area contributed by atoms with Crippen molar-refractivity contribution in [1.82, 2.24) is 0 Å². The van der Waals surface area contributed by atoms with Crippen molar-refractivity contribution in [2.24, 2.45) is 0 Å². The Labute approximate surface area is 140 Å². The summed E-state index contributed by atoms with van der Waals surface area (Å²) in [5, 5.41) is 9.73. The molecule has 0 unspecified atom stereocenters. The minimum absolute atomic E-state index is 0.0110. The maximum absolute atomic E-state index is 12.6. The number of anilines is 1. The summed E-state index contributed by atoms with van der Waals surface area (Å²) in [6.07, 6.45) is 0. The molecule has 126 valence electrons. The second kappa shape index (κ2) is 6.35. The van der Waals surface area contributed by atoms with Crippen LogP contribution in [-0.4, -0.2) is 34.8 Å². The van der Waals surface area contributed by atoms with Crippen molar-refractivity contribution >= 4 is 28.3 Å². The SMILES string of the molecule is COc1ccc(S(=O)(=O)Nc2ccc3c(c2)B(O)OC3)c(OC)c1. The first-order chi connectivity index (χ1) is 11.4. The Kier molecular flexibility index (Phi) is 4.40. The van der Waals surface area contributed by atoms with Gasteiger partial charge in [0.25, 0.3) is 10.0 Å². The molecule has 24 heavy (non-hydrogen) atoms. The molecular formula is C15H16BNO6S. The second-order valence-electron chi connectivity index (χ2n) is 5.20. The summed E-state index contributed by atoms with van der Waals surface area (Å²) < 4.78 is 43.1. The molecule has 0 fully saturated rings. The van der Waals surface area contributed by atoms with Gasteiger partial charge in [0, 0.05) is 11.8 Å². The maximum Gasteiger partial charge on any atom is 0.491 e. The summed E-state index contributed by atoms with van der Waals surface area (Å²) in [7, 11) is -2.04. The standard InChI is InChI=1S/C15H16BNO6S/c1-21-12-5-6-15(14(8-12)22-2)24(19,20)17-11-4-3-10-9-23-16(18)13(10)7-11/h3-8,17-18H,9H2,1-2H3. The Morgan fingerprint density at radius 3 is 2.67 bits per heavy atom. The zero-order chi connectivity index (χ0) is 17.3. The highest BCUT2D eigenvalue weighted by Gasteiger charge is 2.28.